The van der Waals surface area contributed by atoms with Gasteiger partial charge in [-0.25, -0.2) is 0 Å². The van der Waals surface area contributed by atoms with Gasteiger partial charge in [0.15, 0.2) is 0 Å². The summed E-state index contributed by atoms with van der Waals surface area (Å²) in [6.45, 7) is 4.11. The van der Waals surface area contributed by atoms with Crippen molar-refractivity contribution in [2.75, 3.05) is 13.2 Å². The molecular formula is C14H21NO. The maximum absolute atomic E-state index is 5.70. The molecule has 1 fully saturated rings. The van der Waals surface area contributed by atoms with Gasteiger partial charge >= 0.3 is 0 Å². The van der Waals surface area contributed by atoms with Crippen LogP contribution in [0.1, 0.15) is 37.8 Å². The average Bonchev–Trinajstić information content (AvgIpc) is 2.38. The van der Waals surface area contributed by atoms with E-state index in [0.717, 1.165) is 13.2 Å². The Labute approximate surface area is 98.0 Å². The van der Waals surface area contributed by atoms with Crippen molar-refractivity contribution in [3.63, 3.8) is 0 Å². The zero-order valence-corrected chi connectivity index (χ0v) is 9.99. The summed E-state index contributed by atoms with van der Waals surface area (Å²) in [5.41, 5.74) is 1.35. The molecule has 1 aliphatic heterocycles. The zero-order chi connectivity index (χ0) is 11.2. The first-order valence-electron chi connectivity index (χ1n) is 6.26. The van der Waals surface area contributed by atoms with E-state index >= 15 is 0 Å². The minimum Gasteiger partial charge on any atom is -0.377 e. The van der Waals surface area contributed by atoms with Crippen molar-refractivity contribution in [3.8, 4) is 0 Å². The zero-order valence-electron chi connectivity index (χ0n) is 9.99. The molecule has 2 heteroatoms. The lowest BCUT2D eigenvalue weighted by atomic mass is 10.1. The molecule has 2 nitrogen and oxygen atoms in total. The van der Waals surface area contributed by atoms with Crippen molar-refractivity contribution in [3.05, 3.63) is 35.9 Å². The summed E-state index contributed by atoms with van der Waals surface area (Å²) < 4.78 is 5.70. The third-order valence-electron chi connectivity index (χ3n) is 3.23. The third kappa shape index (κ3) is 3.32. The predicted molar refractivity (Wildman–Crippen MR) is 66.5 cm³/mol. The molecule has 1 aromatic rings. The Morgan fingerprint density at radius 1 is 1.31 bits per heavy atom. The second kappa shape index (κ2) is 6.02. The summed E-state index contributed by atoms with van der Waals surface area (Å²) in [6.07, 6.45) is 4.16. The van der Waals surface area contributed by atoms with Crippen molar-refractivity contribution in [2.45, 2.75) is 38.3 Å². The van der Waals surface area contributed by atoms with Crippen LogP contribution in [0.25, 0.3) is 0 Å². The Kier molecular flexibility index (Phi) is 4.37. The molecule has 16 heavy (non-hydrogen) atoms. The van der Waals surface area contributed by atoms with E-state index in [1.165, 1.54) is 24.8 Å². The molecule has 2 atom stereocenters. The molecule has 0 spiro atoms. The van der Waals surface area contributed by atoms with E-state index in [2.05, 4.69) is 42.6 Å². The maximum atomic E-state index is 5.70. The number of benzene rings is 1. The first-order chi connectivity index (χ1) is 7.86. The van der Waals surface area contributed by atoms with Crippen LogP contribution in [0, 0.1) is 0 Å². The van der Waals surface area contributed by atoms with E-state index in [1.54, 1.807) is 0 Å². The quantitative estimate of drug-likeness (QED) is 0.840. The highest BCUT2D eigenvalue weighted by Crippen LogP contribution is 2.15. The highest BCUT2D eigenvalue weighted by Gasteiger charge is 2.14. The lowest BCUT2D eigenvalue weighted by Gasteiger charge is -2.24. The topological polar surface area (TPSA) is 21.3 Å². The van der Waals surface area contributed by atoms with E-state index in [4.69, 9.17) is 4.74 Å². The Morgan fingerprint density at radius 3 is 2.81 bits per heavy atom. The first kappa shape index (κ1) is 11.6. The molecule has 0 saturated carbocycles. The van der Waals surface area contributed by atoms with Crippen LogP contribution in [0.2, 0.25) is 0 Å². The van der Waals surface area contributed by atoms with Gasteiger partial charge in [0, 0.05) is 19.2 Å². The van der Waals surface area contributed by atoms with Gasteiger partial charge in [-0.15, -0.1) is 0 Å². The van der Waals surface area contributed by atoms with Gasteiger partial charge in [0.05, 0.1) is 6.10 Å². The average molecular weight is 219 g/mol. The fraction of sp³-hybridized carbons (Fsp3) is 0.571. The lowest BCUT2D eigenvalue weighted by Crippen LogP contribution is -2.33. The molecule has 1 aromatic carbocycles. The van der Waals surface area contributed by atoms with Gasteiger partial charge in [0.25, 0.3) is 0 Å². The van der Waals surface area contributed by atoms with E-state index in [1.807, 2.05) is 0 Å². The molecule has 1 saturated heterocycles. The number of hydrogen-bond acceptors (Lipinski definition) is 2. The maximum Gasteiger partial charge on any atom is 0.0699 e. The smallest absolute Gasteiger partial charge is 0.0699 e. The lowest BCUT2D eigenvalue weighted by molar-refractivity contribution is 0.0156. The molecule has 0 amide bonds. The van der Waals surface area contributed by atoms with Crippen LogP contribution in [0.5, 0.6) is 0 Å². The van der Waals surface area contributed by atoms with Crippen LogP contribution in [0.3, 0.4) is 0 Å². The monoisotopic (exact) mass is 219 g/mol. The second-order valence-electron chi connectivity index (χ2n) is 4.53. The summed E-state index contributed by atoms with van der Waals surface area (Å²) in [5, 5.41) is 3.54. The Morgan fingerprint density at radius 2 is 2.12 bits per heavy atom. The van der Waals surface area contributed by atoms with Gasteiger partial charge in [-0.1, -0.05) is 30.3 Å². The molecule has 1 N–H and O–H groups in total. The van der Waals surface area contributed by atoms with Gasteiger partial charge in [-0.3, -0.25) is 0 Å². The van der Waals surface area contributed by atoms with Crippen molar-refractivity contribution < 1.29 is 4.74 Å². The molecule has 1 aliphatic rings. The largest absolute Gasteiger partial charge is 0.377 e. The standard InChI is InChI=1S/C14H21NO/c1-12(13-7-3-2-4-8-13)15-11-14-9-5-6-10-16-14/h2-4,7-8,12,14-15H,5-6,9-11H2,1H3/t12-,14?/m0/s1. The highest BCUT2D eigenvalue weighted by atomic mass is 16.5. The van der Waals surface area contributed by atoms with Crippen LogP contribution in [-0.2, 0) is 4.74 Å². The molecule has 88 valence electrons. The van der Waals surface area contributed by atoms with Gasteiger partial charge in [-0.2, -0.15) is 0 Å². The van der Waals surface area contributed by atoms with Gasteiger partial charge in [0.2, 0.25) is 0 Å². The first-order valence-corrected chi connectivity index (χ1v) is 6.26. The fourth-order valence-electron chi connectivity index (χ4n) is 2.14. The Hall–Kier alpha value is -0.860. The number of hydrogen-bond donors (Lipinski definition) is 1. The second-order valence-corrected chi connectivity index (χ2v) is 4.53. The highest BCUT2D eigenvalue weighted by molar-refractivity contribution is 5.17. The Balaban J connectivity index is 1.77. The summed E-state index contributed by atoms with van der Waals surface area (Å²) >= 11 is 0. The summed E-state index contributed by atoms with van der Waals surface area (Å²) in [5.74, 6) is 0. The minimum absolute atomic E-state index is 0.409. The van der Waals surface area contributed by atoms with Crippen molar-refractivity contribution in [1.82, 2.24) is 5.32 Å². The Bertz CT molecular complexity index is 293. The van der Waals surface area contributed by atoms with E-state index in [0.29, 0.717) is 12.1 Å². The van der Waals surface area contributed by atoms with Gasteiger partial charge in [0.1, 0.15) is 0 Å². The number of ether oxygens (including phenoxy) is 1. The predicted octanol–water partition coefficient (Wildman–Crippen LogP) is 2.91. The van der Waals surface area contributed by atoms with Crippen molar-refractivity contribution in [1.29, 1.82) is 0 Å². The van der Waals surface area contributed by atoms with Gasteiger partial charge < -0.3 is 10.1 Å². The molecular weight excluding hydrogens is 198 g/mol. The summed E-state index contributed by atoms with van der Waals surface area (Å²) in [7, 11) is 0. The normalized spacial score (nSPS) is 22.9. The molecule has 0 bridgehead atoms. The van der Waals surface area contributed by atoms with E-state index < -0.39 is 0 Å². The molecule has 0 radical (unpaired) electrons. The fourth-order valence-corrected chi connectivity index (χ4v) is 2.14. The van der Waals surface area contributed by atoms with E-state index in [-0.39, 0.29) is 0 Å². The molecule has 1 heterocycles. The van der Waals surface area contributed by atoms with Gasteiger partial charge in [-0.05, 0) is 31.7 Å². The third-order valence-corrected chi connectivity index (χ3v) is 3.23. The summed E-state index contributed by atoms with van der Waals surface area (Å²) in [4.78, 5) is 0. The van der Waals surface area contributed by atoms with Crippen molar-refractivity contribution >= 4 is 0 Å². The molecule has 1 unspecified atom stereocenters. The summed E-state index contributed by atoms with van der Waals surface area (Å²) in [6, 6.07) is 11.0. The van der Waals surface area contributed by atoms with Crippen LogP contribution in [0.4, 0.5) is 0 Å². The molecule has 0 aromatic heterocycles. The van der Waals surface area contributed by atoms with Crippen LogP contribution < -0.4 is 5.32 Å². The van der Waals surface area contributed by atoms with Crippen LogP contribution >= 0.6 is 0 Å². The minimum atomic E-state index is 0.409. The van der Waals surface area contributed by atoms with Crippen LogP contribution in [0.15, 0.2) is 30.3 Å². The number of rotatable bonds is 4. The SMILES string of the molecule is C[C@H](NCC1CCCCO1)c1ccccc1. The van der Waals surface area contributed by atoms with Crippen molar-refractivity contribution in [2.24, 2.45) is 0 Å². The van der Waals surface area contributed by atoms with Crippen LogP contribution in [-0.4, -0.2) is 19.3 Å². The number of nitrogens with one attached hydrogen (secondary N) is 1. The molecule has 2 rings (SSSR count). The molecule has 0 aliphatic carbocycles. The van der Waals surface area contributed by atoms with E-state index in [9.17, 15) is 0 Å².